The Hall–Kier alpha value is -3.12. The van der Waals surface area contributed by atoms with Crippen LogP contribution in [0.3, 0.4) is 0 Å². The number of hydrogen-bond donors (Lipinski definition) is 0. The first kappa shape index (κ1) is 32.8. The molecule has 2 aliphatic heterocycles. The van der Waals surface area contributed by atoms with Gasteiger partial charge in [0.1, 0.15) is 22.1 Å². The Morgan fingerprint density at radius 1 is 1.11 bits per heavy atom. The standard InChI is InChI=1S/C35H41BBrFN4O4/c1-22(17-28(38)29-8-7-9-31(37)40-29)16-27-19-24(14-15-44-27)32-39-20-30-33(43)41(6)26(21-42(30)32)18-23-10-12-25(13-11-23)36-45-34(2,3)35(4,5)46-36/h7-13,19-22,27-28H,14-18H2,1-6H3/t22-,27?,28?/m0/s1. The molecule has 46 heavy (non-hydrogen) atoms. The third kappa shape index (κ3) is 6.65. The molecule has 0 amide bonds. The second-order valence-electron chi connectivity index (χ2n) is 13.6. The lowest BCUT2D eigenvalue weighted by Crippen LogP contribution is -2.41. The third-order valence-corrected chi connectivity index (χ3v) is 10.0. The molecule has 242 valence electrons. The van der Waals surface area contributed by atoms with E-state index in [1.807, 2.05) is 57.3 Å². The Labute approximate surface area is 278 Å². The van der Waals surface area contributed by atoms with Crippen molar-refractivity contribution in [1.82, 2.24) is 18.9 Å². The van der Waals surface area contributed by atoms with Crippen LogP contribution in [-0.2, 0) is 27.5 Å². The molecule has 0 spiro atoms. The van der Waals surface area contributed by atoms with Gasteiger partial charge in [-0.1, -0.05) is 37.3 Å². The molecule has 2 unspecified atom stereocenters. The number of benzene rings is 1. The topological polar surface area (TPSA) is 79.9 Å². The Morgan fingerprint density at radius 3 is 2.52 bits per heavy atom. The third-order valence-electron chi connectivity index (χ3n) is 9.60. The van der Waals surface area contributed by atoms with Gasteiger partial charge in [-0.3, -0.25) is 9.20 Å². The predicted octanol–water partition coefficient (Wildman–Crippen LogP) is 6.38. The van der Waals surface area contributed by atoms with Crippen molar-refractivity contribution in [2.24, 2.45) is 13.0 Å². The normalized spacial score (nSPS) is 20.6. The molecule has 3 atom stereocenters. The fraction of sp³-hybridized carbons (Fsp3) is 0.457. The summed E-state index contributed by atoms with van der Waals surface area (Å²) in [6.45, 7) is 10.8. The van der Waals surface area contributed by atoms with E-state index in [0.29, 0.717) is 48.1 Å². The number of imidazole rings is 1. The Balaban J connectivity index is 1.18. The van der Waals surface area contributed by atoms with Crippen molar-refractivity contribution in [3.05, 3.63) is 98.7 Å². The van der Waals surface area contributed by atoms with Gasteiger partial charge in [0.25, 0.3) is 5.56 Å². The molecule has 8 nitrogen and oxygen atoms in total. The van der Waals surface area contributed by atoms with Crippen molar-refractivity contribution in [3.63, 3.8) is 0 Å². The molecule has 1 saturated heterocycles. The van der Waals surface area contributed by atoms with Gasteiger partial charge in [0.05, 0.1) is 35.8 Å². The zero-order chi connectivity index (χ0) is 32.8. The van der Waals surface area contributed by atoms with Gasteiger partial charge in [0.15, 0.2) is 0 Å². The number of aromatic nitrogens is 4. The number of halogens is 2. The van der Waals surface area contributed by atoms with Gasteiger partial charge in [0.2, 0.25) is 0 Å². The van der Waals surface area contributed by atoms with Crippen LogP contribution in [0.5, 0.6) is 0 Å². The monoisotopic (exact) mass is 690 g/mol. The molecular weight excluding hydrogens is 650 g/mol. The smallest absolute Gasteiger partial charge is 0.399 e. The van der Waals surface area contributed by atoms with Gasteiger partial charge in [-0.2, -0.15) is 0 Å². The van der Waals surface area contributed by atoms with Crippen LogP contribution in [0.1, 0.15) is 82.8 Å². The molecule has 0 radical (unpaired) electrons. The highest BCUT2D eigenvalue weighted by atomic mass is 79.9. The van der Waals surface area contributed by atoms with Gasteiger partial charge in [-0.25, -0.2) is 14.4 Å². The highest BCUT2D eigenvalue weighted by molar-refractivity contribution is 9.10. The van der Waals surface area contributed by atoms with Gasteiger partial charge in [-0.15, -0.1) is 0 Å². The molecule has 0 aliphatic carbocycles. The van der Waals surface area contributed by atoms with Crippen LogP contribution in [0.2, 0.25) is 0 Å². The van der Waals surface area contributed by atoms with E-state index in [4.69, 9.17) is 14.0 Å². The van der Waals surface area contributed by atoms with E-state index in [1.54, 1.807) is 36.0 Å². The first-order chi connectivity index (χ1) is 21.8. The van der Waals surface area contributed by atoms with Crippen molar-refractivity contribution in [3.8, 4) is 0 Å². The summed E-state index contributed by atoms with van der Waals surface area (Å²) < 4.78 is 37.7. The number of ether oxygens (including phenoxy) is 1. The molecule has 11 heteroatoms. The molecule has 5 heterocycles. The summed E-state index contributed by atoms with van der Waals surface area (Å²) >= 11 is 3.33. The predicted molar refractivity (Wildman–Crippen MR) is 182 cm³/mol. The van der Waals surface area contributed by atoms with E-state index in [2.05, 4.69) is 44.1 Å². The summed E-state index contributed by atoms with van der Waals surface area (Å²) in [7, 11) is 1.38. The number of rotatable bonds is 9. The Kier molecular flexibility index (Phi) is 9.15. The quantitative estimate of drug-likeness (QED) is 0.150. The van der Waals surface area contributed by atoms with Crippen LogP contribution >= 0.6 is 15.9 Å². The van der Waals surface area contributed by atoms with Crippen LogP contribution in [0.25, 0.3) is 11.1 Å². The minimum Gasteiger partial charge on any atom is -0.399 e. The number of hydrogen-bond acceptors (Lipinski definition) is 6. The zero-order valence-corrected chi connectivity index (χ0v) is 28.9. The van der Waals surface area contributed by atoms with E-state index in [0.717, 1.165) is 28.1 Å². The summed E-state index contributed by atoms with van der Waals surface area (Å²) in [5.74, 6) is 0.816. The largest absolute Gasteiger partial charge is 0.494 e. The fourth-order valence-electron chi connectivity index (χ4n) is 6.13. The maximum absolute atomic E-state index is 15.0. The van der Waals surface area contributed by atoms with Crippen LogP contribution in [-0.4, -0.2) is 50.0 Å². The Bertz CT molecular complexity index is 1800. The van der Waals surface area contributed by atoms with Gasteiger partial charge >= 0.3 is 7.12 Å². The van der Waals surface area contributed by atoms with Crippen molar-refractivity contribution in [2.45, 2.75) is 83.8 Å². The molecule has 0 saturated carbocycles. The van der Waals surface area contributed by atoms with Gasteiger partial charge in [0, 0.05) is 25.4 Å². The molecular formula is C35H41BBrFN4O4. The summed E-state index contributed by atoms with van der Waals surface area (Å²) in [4.78, 5) is 22.4. The number of pyridine rings is 1. The zero-order valence-electron chi connectivity index (χ0n) is 27.3. The van der Waals surface area contributed by atoms with Crippen LogP contribution in [0, 0.1) is 5.92 Å². The lowest BCUT2D eigenvalue weighted by molar-refractivity contribution is 0.00578. The fourth-order valence-corrected chi connectivity index (χ4v) is 6.49. The molecule has 0 N–H and O–H groups in total. The Morgan fingerprint density at radius 2 is 1.83 bits per heavy atom. The average molecular weight is 691 g/mol. The molecule has 4 aromatic rings. The van der Waals surface area contributed by atoms with E-state index >= 15 is 4.39 Å². The van der Waals surface area contributed by atoms with Crippen LogP contribution in [0.15, 0.2) is 70.3 Å². The average Bonchev–Trinajstić information content (AvgIpc) is 3.52. The van der Waals surface area contributed by atoms with Crippen LogP contribution in [0.4, 0.5) is 4.39 Å². The molecule has 6 rings (SSSR count). The summed E-state index contributed by atoms with van der Waals surface area (Å²) in [6.07, 6.45) is 6.72. The summed E-state index contributed by atoms with van der Waals surface area (Å²) in [5, 5.41) is 0. The molecule has 1 fully saturated rings. The first-order valence-electron chi connectivity index (χ1n) is 15.9. The maximum Gasteiger partial charge on any atom is 0.494 e. The minimum absolute atomic E-state index is 0.0726. The molecule has 3 aromatic heterocycles. The summed E-state index contributed by atoms with van der Waals surface area (Å²) in [6, 6.07) is 13.5. The molecule has 1 aromatic carbocycles. The summed E-state index contributed by atoms with van der Waals surface area (Å²) in [5.41, 5.74) is 3.98. The van der Waals surface area contributed by atoms with Crippen LogP contribution < -0.4 is 11.0 Å². The van der Waals surface area contributed by atoms with Crippen molar-refractivity contribution < 1.29 is 18.4 Å². The highest BCUT2D eigenvalue weighted by Crippen LogP contribution is 2.36. The maximum atomic E-state index is 15.0. The van der Waals surface area contributed by atoms with Gasteiger partial charge in [-0.05, 0) is 104 Å². The van der Waals surface area contributed by atoms with Crippen molar-refractivity contribution >= 4 is 39.6 Å². The van der Waals surface area contributed by atoms with E-state index < -0.39 is 24.5 Å². The first-order valence-corrected chi connectivity index (χ1v) is 16.7. The lowest BCUT2D eigenvalue weighted by atomic mass is 9.78. The minimum atomic E-state index is -1.15. The van der Waals surface area contributed by atoms with E-state index in [1.165, 1.54) is 0 Å². The van der Waals surface area contributed by atoms with Crippen molar-refractivity contribution in [1.29, 1.82) is 0 Å². The molecule has 0 bridgehead atoms. The number of fused-ring (bicyclic) bond motifs is 1. The number of alkyl halides is 1. The van der Waals surface area contributed by atoms with E-state index in [-0.39, 0.29) is 17.6 Å². The molecule has 2 aliphatic rings. The second kappa shape index (κ2) is 12.8. The highest BCUT2D eigenvalue weighted by Gasteiger charge is 2.51. The van der Waals surface area contributed by atoms with Gasteiger partial charge < -0.3 is 18.6 Å². The van der Waals surface area contributed by atoms with E-state index in [9.17, 15) is 4.79 Å². The number of nitrogens with zero attached hydrogens (tertiary/aromatic N) is 4. The second-order valence-corrected chi connectivity index (χ2v) is 14.4. The lowest BCUT2D eigenvalue weighted by Gasteiger charge is -2.32. The van der Waals surface area contributed by atoms with Crippen molar-refractivity contribution in [2.75, 3.05) is 6.61 Å². The SMILES string of the molecule is C[C@@H](CC1C=C(c2ncc3c(=O)n(C)c(Cc4ccc(B5OC(C)(C)C(C)(C)O5)cc4)cn23)CCO1)CC(F)c1cccc(Br)n1.